The van der Waals surface area contributed by atoms with E-state index in [0.717, 1.165) is 6.07 Å². The summed E-state index contributed by atoms with van der Waals surface area (Å²) >= 11 is 0. The topological polar surface area (TPSA) is 206 Å². The third kappa shape index (κ3) is 5.20. The molecule has 0 bridgehead atoms. The zero-order valence-electron chi connectivity index (χ0n) is 16.8. The molecule has 4 rings (SSSR count). The largest absolute Gasteiger partial charge is 3.00 e. The molecule has 0 atom stereocenters. The van der Waals surface area contributed by atoms with E-state index in [1.807, 2.05) is 0 Å². The summed E-state index contributed by atoms with van der Waals surface area (Å²) in [5.74, 6) is -1.31. The second-order valence-electron chi connectivity index (χ2n) is 6.41. The zero-order valence-corrected chi connectivity index (χ0v) is 18.9. The van der Waals surface area contributed by atoms with Gasteiger partial charge in [-0.1, -0.05) is 48.2 Å². The van der Waals surface area contributed by atoms with Gasteiger partial charge in [0.25, 0.3) is 0 Å². The van der Waals surface area contributed by atoms with Gasteiger partial charge in [-0.3, -0.25) is 0 Å². The average Bonchev–Trinajstić information content (AvgIpc) is 3.00. The van der Waals surface area contributed by atoms with Crippen LogP contribution in [0.2, 0.25) is 0 Å². The Morgan fingerprint density at radius 1 is 0.879 bits per heavy atom. The maximum absolute atomic E-state index is 12.7. The van der Waals surface area contributed by atoms with Crippen LogP contribution in [0, 0.1) is 6.92 Å². The van der Waals surface area contributed by atoms with Crippen LogP contribution in [0.4, 0.5) is 11.4 Å². The fourth-order valence-electron chi connectivity index (χ4n) is 3.07. The molecule has 0 spiro atoms. The van der Waals surface area contributed by atoms with Gasteiger partial charge < -0.3 is 25.7 Å². The Morgan fingerprint density at radius 3 is 2.03 bits per heavy atom. The van der Waals surface area contributed by atoms with Crippen molar-refractivity contribution in [3.8, 4) is 17.3 Å². The molecule has 0 saturated heterocycles. The molecule has 0 saturated carbocycles. The molecule has 171 valence electrons. The van der Waals surface area contributed by atoms with E-state index in [4.69, 9.17) is 0 Å². The second-order valence-corrected chi connectivity index (χ2v) is 7.76. The van der Waals surface area contributed by atoms with Crippen LogP contribution in [-0.4, -0.2) is 33.7 Å². The predicted octanol–water partition coefficient (Wildman–Crippen LogP) is 2.44. The summed E-state index contributed by atoms with van der Waals surface area (Å²) in [7, 11) is -4.86. The Morgan fingerprint density at radius 2 is 1.42 bits per heavy atom. The number of hydrogen-bond acceptors (Lipinski definition) is 10. The van der Waals surface area contributed by atoms with Crippen molar-refractivity contribution < 1.29 is 51.5 Å². The maximum Gasteiger partial charge on any atom is 3.00 e. The molecule has 1 aromatic heterocycles. The zero-order chi connectivity index (χ0) is 21.5. The third-order valence-corrected chi connectivity index (χ3v) is 5.33. The van der Waals surface area contributed by atoms with Crippen LogP contribution in [-0.2, 0) is 27.5 Å². The smallest absolute Gasteiger partial charge is 0.871 e. The van der Waals surface area contributed by atoms with E-state index in [9.17, 15) is 23.2 Å². The monoisotopic (exact) mass is 507 g/mol. The van der Waals surface area contributed by atoms with Gasteiger partial charge in [0.15, 0.2) is 0 Å². The molecular weight excluding hydrogens is 492 g/mol. The quantitative estimate of drug-likeness (QED) is 0.295. The Kier molecular flexibility index (Phi) is 8.85. The number of fused-ring (bicyclic) bond motifs is 1. The first-order chi connectivity index (χ1) is 14.3. The van der Waals surface area contributed by atoms with Gasteiger partial charge in [0.05, 0.1) is 22.0 Å². The van der Waals surface area contributed by atoms with Crippen molar-refractivity contribution in [2.45, 2.75) is 11.8 Å². The van der Waals surface area contributed by atoms with Crippen molar-refractivity contribution in [2.24, 2.45) is 10.2 Å². The summed E-state index contributed by atoms with van der Waals surface area (Å²) in [5.41, 5.74) is 0.627. The molecule has 0 unspecified atom stereocenters. The first-order valence-corrected chi connectivity index (χ1v) is 10.1. The minimum absolute atomic E-state index is 0. The summed E-state index contributed by atoms with van der Waals surface area (Å²) in [6, 6.07) is 15.4. The van der Waals surface area contributed by atoms with Gasteiger partial charge in [-0.15, -0.1) is 5.11 Å². The van der Waals surface area contributed by atoms with Gasteiger partial charge in [-0.05, 0) is 25.1 Å². The summed E-state index contributed by atoms with van der Waals surface area (Å²) in [6.45, 7) is 1.58. The van der Waals surface area contributed by atoms with Gasteiger partial charge >= 0.3 is 17.4 Å². The van der Waals surface area contributed by atoms with Gasteiger partial charge in [0.2, 0.25) is 0 Å². The summed E-state index contributed by atoms with van der Waals surface area (Å²) in [6.07, 6.45) is 0. The van der Waals surface area contributed by atoms with Crippen LogP contribution in [0.15, 0.2) is 75.8 Å². The second kappa shape index (κ2) is 10.5. The molecule has 0 aliphatic rings. The van der Waals surface area contributed by atoms with Gasteiger partial charge in [-0.2, -0.15) is 10.2 Å². The third-order valence-electron chi connectivity index (χ3n) is 4.45. The molecule has 2 N–H and O–H groups in total. The number of benzene rings is 3. The molecule has 4 aromatic rings. The number of hydrogen-bond donors (Lipinski definition) is 0. The minimum atomic E-state index is -4.86. The van der Waals surface area contributed by atoms with E-state index < -0.39 is 26.6 Å². The number of nitrogens with zero attached hydrogens (tertiary/aromatic N) is 4. The van der Waals surface area contributed by atoms with Crippen molar-refractivity contribution in [1.29, 1.82) is 0 Å². The van der Waals surface area contributed by atoms with Crippen molar-refractivity contribution in [3.05, 3.63) is 66.4 Å². The van der Waals surface area contributed by atoms with Crippen molar-refractivity contribution in [2.75, 3.05) is 0 Å². The molecule has 0 fully saturated rings. The van der Waals surface area contributed by atoms with E-state index in [1.54, 1.807) is 43.3 Å². The molecule has 3 aromatic carbocycles. The number of azo groups is 1. The minimum Gasteiger partial charge on any atom is -0.871 e. The van der Waals surface area contributed by atoms with Gasteiger partial charge in [0, 0.05) is 16.7 Å². The van der Waals surface area contributed by atoms with Gasteiger partial charge in [0.1, 0.15) is 15.8 Å². The molecule has 0 aliphatic heterocycles. The standard InChI is InChI=1S/C20H16N4O5S.Cr.2H2O/c1-12-18(20(26)24(23-12)13-7-3-2-4-8-13)21-22-19-15-10-6-5-9-14(15)17(11-16(19)25)30(27,28)29;;;/h2-11,25-26H,1H3,(H,27,28,29);;2*1H2/q;+3;;/p-5. The maximum atomic E-state index is 12.7. The molecular formula is C20H15CrN4O7S-2. The van der Waals surface area contributed by atoms with Crippen LogP contribution >= 0.6 is 0 Å². The van der Waals surface area contributed by atoms with E-state index in [2.05, 4.69) is 15.3 Å². The average molecular weight is 507 g/mol. The normalized spacial score (nSPS) is 11.0. The summed E-state index contributed by atoms with van der Waals surface area (Å²) in [5, 5.41) is 37.4. The molecule has 11 nitrogen and oxygen atoms in total. The fourth-order valence-corrected chi connectivity index (χ4v) is 3.77. The first-order valence-electron chi connectivity index (χ1n) is 8.70. The van der Waals surface area contributed by atoms with Crippen LogP contribution in [0.1, 0.15) is 5.69 Å². The molecule has 13 heteroatoms. The number of aromatic nitrogens is 2. The Bertz CT molecular complexity index is 1410. The predicted molar refractivity (Wildman–Crippen MR) is 107 cm³/mol. The fraction of sp³-hybridized carbons (Fsp3) is 0.0500. The molecule has 0 amide bonds. The number of rotatable bonds is 4. The SMILES string of the molecule is Cc1nn(-c2ccccc2)c([O-])c1N=Nc1c([O-])cc(S(=O)(=O)[O-])c2ccccc12.[Cr+3].[OH-].[OH-]. The van der Waals surface area contributed by atoms with E-state index in [1.165, 1.54) is 22.9 Å². The Hall–Kier alpha value is -3.31. The summed E-state index contributed by atoms with van der Waals surface area (Å²) < 4.78 is 35.7. The number of aryl methyl sites for hydroxylation is 1. The van der Waals surface area contributed by atoms with Crippen molar-refractivity contribution >= 4 is 32.3 Å². The van der Waals surface area contributed by atoms with Gasteiger partial charge in [-0.25, -0.2) is 13.1 Å². The van der Waals surface area contributed by atoms with Crippen molar-refractivity contribution in [1.82, 2.24) is 9.78 Å². The first kappa shape index (κ1) is 27.7. The Balaban J connectivity index is 0.00000181. The van der Waals surface area contributed by atoms with Crippen LogP contribution in [0.3, 0.4) is 0 Å². The Labute approximate surface area is 199 Å². The van der Waals surface area contributed by atoms with Crippen LogP contribution in [0.5, 0.6) is 11.6 Å². The van der Waals surface area contributed by atoms with Crippen LogP contribution < -0.4 is 10.2 Å². The number of para-hydroxylation sites is 1. The van der Waals surface area contributed by atoms with Crippen LogP contribution in [0.25, 0.3) is 16.5 Å². The van der Waals surface area contributed by atoms with E-state index >= 15 is 0 Å². The molecule has 1 radical (unpaired) electrons. The summed E-state index contributed by atoms with van der Waals surface area (Å²) in [4.78, 5) is -0.625. The molecule has 1 heterocycles. The van der Waals surface area contributed by atoms with Crippen molar-refractivity contribution in [3.63, 3.8) is 0 Å². The van der Waals surface area contributed by atoms with E-state index in [-0.39, 0.29) is 50.5 Å². The molecule has 0 aliphatic carbocycles. The van der Waals surface area contributed by atoms with E-state index in [0.29, 0.717) is 11.4 Å². The molecule has 33 heavy (non-hydrogen) atoms.